The fourth-order valence-corrected chi connectivity index (χ4v) is 4.24. The van der Waals surface area contributed by atoms with Gasteiger partial charge in [-0.25, -0.2) is 13.1 Å². The second-order valence-electron chi connectivity index (χ2n) is 6.50. The van der Waals surface area contributed by atoms with Crippen molar-refractivity contribution in [2.45, 2.75) is 37.2 Å². The monoisotopic (exact) mass is 327 g/mol. The molecule has 0 aliphatic carbocycles. The molecule has 0 N–H and O–H groups in total. The molecule has 1 atom stereocenters. The minimum atomic E-state index is -3.31. The van der Waals surface area contributed by atoms with Gasteiger partial charge in [-0.1, -0.05) is 0 Å². The van der Waals surface area contributed by atoms with E-state index in [4.69, 9.17) is 0 Å². The second-order valence-corrected chi connectivity index (χ2v) is 9.48. The van der Waals surface area contributed by atoms with Crippen LogP contribution in [0.4, 0.5) is 0 Å². The van der Waals surface area contributed by atoms with E-state index in [-0.39, 0.29) is 23.7 Å². The zero-order valence-electron chi connectivity index (χ0n) is 13.2. The van der Waals surface area contributed by atoms with Crippen LogP contribution in [0.25, 0.3) is 0 Å². The molecule has 0 bridgehead atoms. The summed E-state index contributed by atoms with van der Waals surface area (Å²) in [5.74, 6) is -0.345. The Morgan fingerprint density at radius 3 is 2.50 bits per heavy atom. The minimum Gasteiger partial charge on any atom is -0.336 e. The van der Waals surface area contributed by atoms with E-state index < -0.39 is 19.8 Å². The van der Waals surface area contributed by atoms with Gasteiger partial charge < -0.3 is 4.90 Å². The molecule has 122 valence electrons. The summed E-state index contributed by atoms with van der Waals surface area (Å²) in [6, 6.07) is 2.65. The van der Waals surface area contributed by atoms with E-state index in [1.165, 1.54) is 24.1 Å². The molecule has 0 saturated carbocycles. The number of carbonyl (C=O) groups is 1. The Morgan fingerprint density at radius 1 is 1.32 bits per heavy atom. The van der Waals surface area contributed by atoms with Gasteiger partial charge in [-0.3, -0.25) is 9.59 Å². The lowest BCUT2D eigenvalue weighted by atomic mass is 10.3. The number of hydrogen-bond acceptors (Lipinski definition) is 5. The quantitative estimate of drug-likeness (QED) is 0.774. The first-order valence-electron chi connectivity index (χ1n) is 7.11. The molecule has 0 radical (unpaired) electrons. The largest absolute Gasteiger partial charge is 0.336 e. The maximum Gasteiger partial charge on any atom is 0.274 e. The lowest BCUT2D eigenvalue weighted by Gasteiger charge is -2.24. The Hall–Kier alpha value is -1.70. The molecule has 0 unspecified atom stereocenters. The van der Waals surface area contributed by atoms with Crippen molar-refractivity contribution in [3.63, 3.8) is 0 Å². The number of sulfone groups is 1. The summed E-state index contributed by atoms with van der Waals surface area (Å²) in [7, 11) is -1.84. The maximum atomic E-state index is 12.5. The Bertz CT molecular complexity index is 746. The van der Waals surface area contributed by atoms with Crippen LogP contribution in [0.15, 0.2) is 16.9 Å². The first kappa shape index (κ1) is 16.7. The van der Waals surface area contributed by atoms with Crippen LogP contribution in [0.2, 0.25) is 0 Å². The average molecular weight is 327 g/mol. The smallest absolute Gasteiger partial charge is 0.274 e. The molecule has 0 spiro atoms. The Balaban J connectivity index is 2.18. The van der Waals surface area contributed by atoms with Crippen LogP contribution >= 0.6 is 0 Å². The van der Waals surface area contributed by atoms with Gasteiger partial charge in [0.2, 0.25) is 0 Å². The van der Waals surface area contributed by atoms with Crippen LogP contribution in [0.3, 0.4) is 0 Å². The molecular weight excluding hydrogens is 306 g/mol. The fraction of sp³-hybridized carbons (Fsp3) is 0.643. The number of aryl methyl sites for hydroxylation is 1. The second kappa shape index (κ2) is 5.49. The van der Waals surface area contributed by atoms with Crippen LogP contribution < -0.4 is 5.56 Å². The third-order valence-electron chi connectivity index (χ3n) is 3.90. The van der Waals surface area contributed by atoms with Crippen molar-refractivity contribution < 1.29 is 13.2 Å². The molecule has 1 fully saturated rings. The van der Waals surface area contributed by atoms with Crippen molar-refractivity contribution in [3.05, 3.63) is 28.2 Å². The summed E-state index contributed by atoms with van der Waals surface area (Å²) in [5, 5.41) is 3.36. The molecule has 8 heteroatoms. The highest BCUT2D eigenvalue weighted by Crippen LogP contribution is 2.27. The number of nitrogens with zero attached hydrogens (tertiary/aromatic N) is 3. The summed E-state index contributed by atoms with van der Waals surface area (Å²) < 4.78 is 25.2. The zero-order chi connectivity index (χ0) is 16.7. The van der Waals surface area contributed by atoms with Gasteiger partial charge in [-0.15, -0.1) is 0 Å². The van der Waals surface area contributed by atoms with Gasteiger partial charge in [-0.2, -0.15) is 5.10 Å². The van der Waals surface area contributed by atoms with Gasteiger partial charge in [0.1, 0.15) is 5.69 Å². The van der Waals surface area contributed by atoms with Gasteiger partial charge in [0.05, 0.1) is 10.00 Å². The van der Waals surface area contributed by atoms with Gasteiger partial charge in [0.25, 0.3) is 11.5 Å². The number of amides is 1. The van der Waals surface area contributed by atoms with Crippen molar-refractivity contribution in [2.24, 2.45) is 7.05 Å². The SMILES string of the molecule is Cn1nc(C(=O)N2CC[C@H](S(=O)(=O)C(C)(C)C)C2)ccc1=O. The molecule has 0 aromatic carbocycles. The Labute approximate surface area is 129 Å². The highest BCUT2D eigenvalue weighted by molar-refractivity contribution is 7.93. The number of carbonyl (C=O) groups excluding carboxylic acids is 1. The first-order valence-corrected chi connectivity index (χ1v) is 8.66. The summed E-state index contributed by atoms with van der Waals surface area (Å²) in [5.41, 5.74) is -0.151. The molecule has 1 aromatic heterocycles. The molecule has 1 aliphatic heterocycles. The lowest BCUT2D eigenvalue weighted by molar-refractivity contribution is 0.0784. The number of hydrogen-bond donors (Lipinski definition) is 0. The predicted octanol–water partition coefficient (Wildman–Crippen LogP) is 0.208. The average Bonchev–Trinajstić information content (AvgIpc) is 2.90. The Kier molecular flexibility index (Phi) is 4.16. The standard InChI is InChI=1S/C14H21N3O4S/c1-14(2,3)22(20,21)10-7-8-17(9-10)13(19)11-5-6-12(18)16(4)15-11/h5-6,10H,7-9H2,1-4H3/t10-/m0/s1. The predicted molar refractivity (Wildman–Crippen MR) is 82.5 cm³/mol. The van der Waals surface area contributed by atoms with E-state index in [1.807, 2.05) is 0 Å². The van der Waals surface area contributed by atoms with E-state index >= 15 is 0 Å². The molecule has 1 aromatic rings. The number of rotatable bonds is 2. The van der Waals surface area contributed by atoms with Crippen LogP contribution in [0.1, 0.15) is 37.7 Å². The van der Waals surface area contributed by atoms with E-state index in [1.54, 1.807) is 20.8 Å². The molecule has 1 saturated heterocycles. The van der Waals surface area contributed by atoms with Crippen LogP contribution in [0.5, 0.6) is 0 Å². The number of likely N-dealkylation sites (tertiary alicyclic amines) is 1. The minimum absolute atomic E-state index is 0.149. The summed E-state index contributed by atoms with van der Waals surface area (Å²) in [6.45, 7) is 5.55. The lowest BCUT2D eigenvalue weighted by Crippen LogP contribution is -2.40. The zero-order valence-corrected chi connectivity index (χ0v) is 14.1. The Morgan fingerprint density at radius 2 is 1.95 bits per heavy atom. The van der Waals surface area contributed by atoms with Crippen molar-refractivity contribution in [1.82, 2.24) is 14.7 Å². The number of aromatic nitrogens is 2. The molecule has 2 rings (SSSR count). The van der Waals surface area contributed by atoms with Gasteiger partial charge in [-0.05, 0) is 33.3 Å². The normalized spacial score (nSPS) is 19.5. The molecular formula is C14H21N3O4S. The van der Waals surface area contributed by atoms with E-state index in [0.29, 0.717) is 13.0 Å². The molecule has 7 nitrogen and oxygen atoms in total. The van der Waals surface area contributed by atoms with Gasteiger partial charge >= 0.3 is 0 Å². The summed E-state index contributed by atoms with van der Waals surface area (Å²) in [6.07, 6.45) is 0.428. The van der Waals surface area contributed by atoms with Crippen molar-refractivity contribution in [3.8, 4) is 0 Å². The van der Waals surface area contributed by atoms with Gasteiger partial charge in [0.15, 0.2) is 9.84 Å². The van der Waals surface area contributed by atoms with Crippen LogP contribution in [-0.4, -0.2) is 52.1 Å². The van der Waals surface area contributed by atoms with Crippen LogP contribution in [-0.2, 0) is 16.9 Å². The van der Waals surface area contributed by atoms with Gasteiger partial charge in [0, 0.05) is 26.2 Å². The van der Waals surface area contributed by atoms with Crippen molar-refractivity contribution >= 4 is 15.7 Å². The summed E-state index contributed by atoms with van der Waals surface area (Å²) >= 11 is 0. The third kappa shape index (κ3) is 2.92. The van der Waals surface area contributed by atoms with E-state index in [0.717, 1.165) is 4.68 Å². The molecule has 1 aliphatic rings. The van der Waals surface area contributed by atoms with Crippen molar-refractivity contribution in [1.29, 1.82) is 0 Å². The highest BCUT2D eigenvalue weighted by Gasteiger charge is 2.42. The topological polar surface area (TPSA) is 89.3 Å². The fourth-order valence-electron chi connectivity index (χ4n) is 2.44. The van der Waals surface area contributed by atoms with E-state index in [2.05, 4.69) is 5.10 Å². The van der Waals surface area contributed by atoms with Crippen molar-refractivity contribution in [2.75, 3.05) is 13.1 Å². The maximum absolute atomic E-state index is 12.5. The first-order chi connectivity index (χ1) is 10.0. The molecule has 22 heavy (non-hydrogen) atoms. The van der Waals surface area contributed by atoms with E-state index in [9.17, 15) is 18.0 Å². The third-order valence-corrected chi connectivity index (χ3v) is 6.87. The molecule has 1 amide bonds. The summed E-state index contributed by atoms with van der Waals surface area (Å²) in [4.78, 5) is 25.2. The molecule has 2 heterocycles. The van der Waals surface area contributed by atoms with Crippen LogP contribution in [0, 0.1) is 0 Å². The highest BCUT2D eigenvalue weighted by atomic mass is 32.2.